The number of nitrogens with one attached hydrogen (secondary N) is 2. The van der Waals surface area contributed by atoms with E-state index in [1.807, 2.05) is 4.90 Å². The van der Waals surface area contributed by atoms with Crippen molar-refractivity contribution in [1.29, 1.82) is 0 Å². The molecule has 10 heteroatoms. The van der Waals surface area contributed by atoms with Crippen LogP contribution in [0.1, 0.15) is 19.3 Å². The third-order valence-electron chi connectivity index (χ3n) is 4.09. The maximum absolute atomic E-state index is 12.3. The Morgan fingerprint density at radius 1 is 1.38 bits per heavy atom. The van der Waals surface area contributed by atoms with Crippen molar-refractivity contribution in [3.8, 4) is 0 Å². The Kier molecular flexibility index (Phi) is 4.67. The van der Waals surface area contributed by atoms with Gasteiger partial charge in [-0.15, -0.1) is 0 Å². The molecule has 9 nitrogen and oxygen atoms in total. The molecule has 2 aromatic heterocycles. The fourth-order valence-electron chi connectivity index (χ4n) is 2.84. The molecule has 3 rings (SSSR count). The third-order valence-corrected chi connectivity index (χ3v) is 5.46. The second-order valence-electron chi connectivity index (χ2n) is 5.82. The van der Waals surface area contributed by atoms with Gasteiger partial charge in [-0.2, -0.15) is 10.2 Å². The van der Waals surface area contributed by atoms with Crippen molar-refractivity contribution in [2.45, 2.75) is 30.2 Å². The Bertz CT molecular complexity index is 839. The number of aromatic nitrogens is 4. The van der Waals surface area contributed by atoms with E-state index in [0.717, 1.165) is 25.8 Å². The first-order chi connectivity index (χ1) is 11.5. The smallest absolute Gasteiger partial charge is 0.264 e. The van der Waals surface area contributed by atoms with Crippen molar-refractivity contribution in [3.63, 3.8) is 0 Å². The summed E-state index contributed by atoms with van der Waals surface area (Å²) >= 11 is 0. The summed E-state index contributed by atoms with van der Waals surface area (Å²) in [6.45, 7) is 1.05. The van der Waals surface area contributed by atoms with Crippen LogP contribution in [0.25, 0.3) is 0 Å². The summed E-state index contributed by atoms with van der Waals surface area (Å²) in [7, 11) is -1.92. The molecule has 1 atom stereocenters. The second-order valence-corrected chi connectivity index (χ2v) is 7.59. The van der Waals surface area contributed by atoms with E-state index in [1.54, 1.807) is 13.1 Å². The SMILES string of the molecule is Cn1cc(S(=O)(=O)NCC2CCCCN2c2ccc(=O)[nH]n2)cn1. The molecule has 0 bridgehead atoms. The second kappa shape index (κ2) is 6.73. The quantitative estimate of drug-likeness (QED) is 0.773. The number of hydrogen-bond donors (Lipinski definition) is 2. The van der Waals surface area contributed by atoms with Crippen LogP contribution in [-0.4, -0.2) is 47.5 Å². The van der Waals surface area contributed by atoms with Crippen LogP contribution in [0.4, 0.5) is 5.82 Å². The molecule has 0 saturated carbocycles. The van der Waals surface area contributed by atoms with Crippen LogP contribution in [0.3, 0.4) is 0 Å². The van der Waals surface area contributed by atoms with Crippen molar-refractivity contribution in [2.24, 2.45) is 7.05 Å². The van der Waals surface area contributed by atoms with Crippen LogP contribution in [0.2, 0.25) is 0 Å². The maximum Gasteiger partial charge on any atom is 0.264 e. The zero-order valence-corrected chi connectivity index (χ0v) is 14.2. The van der Waals surface area contributed by atoms with Crippen molar-refractivity contribution in [2.75, 3.05) is 18.0 Å². The third kappa shape index (κ3) is 3.65. The number of aromatic amines is 1. The van der Waals surface area contributed by atoms with E-state index in [0.29, 0.717) is 5.82 Å². The molecule has 1 fully saturated rings. The van der Waals surface area contributed by atoms with Gasteiger partial charge in [0.1, 0.15) is 10.7 Å². The number of hydrogen-bond acceptors (Lipinski definition) is 6. The summed E-state index contributed by atoms with van der Waals surface area (Å²) in [6.07, 6.45) is 5.68. The fourth-order valence-corrected chi connectivity index (χ4v) is 3.89. The van der Waals surface area contributed by atoms with E-state index in [9.17, 15) is 13.2 Å². The van der Waals surface area contributed by atoms with Crippen molar-refractivity contribution in [3.05, 3.63) is 34.9 Å². The van der Waals surface area contributed by atoms with Gasteiger partial charge in [0.15, 0.2) is 0 Å². The lowest BCUT2D eigenvalue weighted by Gasteiger charge is -2.36. The molecule has 1 saturated heterocycles. The van der Waals surface area contributed by atoms with Gasteiger partial charge in [0.05, 0.1) is 6.20 Å². The minimum Gasteiger partial charge on any atom is -0.351 e. The standard InChI is InChI=1S/C14H20N6O3S/c1-19-10-12(9-15-19)24(22,23)16-8-11-4-2-3-7-20(11)13-5-6-14(21)18-17-13/h5-6,9-11,16H,2-4,7-8H2,1H3,(H,18,21). The zero-order valence-electron chi connectivity index (χ0n) is 13.3. The van der Waals surface area contributed by atoms with Gasteiger partial charge >= 0.3 is 0 Å². The molecule has 3 heterocycles. The minimum atomic E-state index is -3.59. The average Bonchev–Trinajstić information content (AvgIpc) is 3.02. The zero-order chi connectivity index (χ0) is 17.2. The number of nitrogens with zero attached hydrogens (tertiary/aromatic N) is 4. The summed E-state index contributed by atoms with van der Waals surface area (Å²) < 4.78 is 28.8. The summed E-state index contributed by atoms with van der Waals surface area (Å²) in [5.41, 5.74) is -0.260. The molecule has 0 radical (unpaired) electrons. The van der Waals surface area contributed by atoms with Crippen LogP contribution >= 0.6 is 0 Å². The number of piperidine rings is 1. The Balaban J connectivity index is 1.72. The highest BCUT2D eigenvalue weighted by Crippen LogP contribution is 2.22. The van der Waals surface area contributed by atoms with Crippen LogP contribution in [-0.2, 0) is 17.1 Å². The summed E-state index contributed by atoms with van der Waals surface area (Å²) in [5.74, 6) is 0.653. The van der Waals surface area contributed by atoms with Gasteiger partial charge in [0.25, 0.3) is 5.56 Å². The van der Waals surface area contributed by atoms with Gasteiger partial charge in [-0.1, -0.05) is 0 Å². The van der Waals surface area contributed by atoms with Crippen molar-refractivity contribution < 1.29 is 8.42 Å². The highest BCUT2D eigenvalue weighted by atomic mass is 32.2. The monoisotopic (exact) mass is 352 g/mol. The van der Waals surface area contributed by atoms with E-state index >= 15 is 0 Å². The molecule has 1 unspecified atom stereocenters. The van der Waals surface area contributed by atoms with E-state index < -0.39 is 10.0 Å². The molecule has 0 spiro atoms. The molecular weight excluding hydrogens is 332 g/mol. The van der Waals surface area contributed by atoms with Crippen molar-refractivity contribution in [1.82, 2.24) is 24.7 Å². The molecule has 24 heavy (non-hydrogen) atoms. The summed E-state index contributed by atoms with van der Waals surface area (Å²) in [4.78, 5) is 13.3. The van der Waals surface area contributed by atoms with Gasteiger partial charge < -0.3 is 4.90 Å². The number of anilines is 1. The predicted octanol–water partition coefficient (Wildman–Crippen LogP) is -0.159. The largest absolute Gasteiger partial charge is 0.351 e. The van der Waals surface area contributed by atoms with E-state index in [4.69, 9.17) is 0 Å². The lowest BCUT2D eigenvalue weighted by molar-refractivity contribution is 0.448. The minimum absolute atomic E-state index is 0.0106. The summed E-state index contributed by atoms with van der Waals surface area (Å²) in [5, 5.41) is 10.4. The highest BCUT2D eigenvalue weighted by molar-refractivity contribution is 7.89. The normalized spacial score (nSPS) is 18.7. The molecule has 2 aromatic rings. The maximum atomic E-state index is 12.3. The number of H-pyrrole nitrogens is 1. The molecule has 1 aliphatic heterocycles. The molecule has 0 aliphatic carbocycles. The Morgan fingerprint density at radius 2 is 2.21 bits per heavy atom. The van der Waals surface area contributed by atoms with E-state index in [1.165, 1.54) is 23.1 Å². The van der Waals surface area contributed by atoms with E-state index in [2.05, 4.69) is 20.0 Å². The Hall–Kier alpha value is -2.20. The number of rotatable bonds is 5. The first-order valence-electron chi connectivity index (χ1n) is 7.76. The van der Waals surface area contributed by atoms with Crippen molar-refractivity contribution >= 4 is 15.8 Å². The van der Waals surface area contributed by atoms with Gasteiger partial charge in [0, 0.05) is 38.4 Å². The molecule has 130 valence electrons. The van der Waals surface area contributed by atoms with Crippen LogP contribution in [0.15, 0.2) is 34.2 Å². The van der Waals surface area contributed by atoms with Crippen LogP contribution in [0.5, 0.6) is 0 Å². The highest BCUT2D eigenvalue weighted by Gasteiger charge is 2.26. The molecule has 2 N–H and O–H groups in total. The fraction of sp³-hybridized carbons (Fsp3) is 0.500. The molecule has 1 aliphatic rings. The van der Waals surface area contributed by atoms with Crippen LogP contribution in [0, 0.1) is 0 Å². The average molecular weight is 352 g/mol. The van der Waals surface area contributed by atoms with E-state index in [-0.39, 0.29) is 23.0 Å². The first-order valence-corrected chi connectivity index (χ1v) is 9.25. The molecular formula is C14H20N6O3S. The van der Waals surface area contributed by atoms with Gasteiger partial charge in [0.2, 0.25) is 10.0 Å². The van der Waals surface area contributed by atoms with Gasteiger partial charge in [-0.05, 0) is 25.3 Å². The summed E-state index contributed by atoms with van der Waals surface area (Å²) in [6, 6.07) is 3.07. The topological polar surface area (TPSA) is 113 Å². The van der Waals surface area contributed by atoms with Gasteiger partial charge in [-0.25, -0.2) is 18.2 Å². The molecule has 0 amide bonds. The first kappa shape index (κ1) is 16.7. The lowest BCUT2D eigenvalue weighted by Crippen LogP contribution is -2.47. The number of aryl methyl sites for hydroxylation is 1. The van der Waals surface area contributed by atoms with Crippen LogP contribution < -0.4 is 15.2 Å². The predicted molar refractivity (Wildman–Crippen MR) is 88.2 cm³/mol. The number of sulfonamides is 1. The van der Waals surface area contributed by atoms with Gasteiger partial charge in [-0.3, -0.25) is 9.48 Å². The Labute approximate surface area is 139 Å². The Morgan fingerprint density at radius 3 is 2.88 bits per heavy atom. The lowest BCUT2D eigenvalue weighted by atomic mass is 10.0. The molecule has 0 aromatic carbocycles.